The lowest BCUT2D eigenvalue weighted by Crippen LogP contribution is -2.38. The van der Waals surface area contributed by atoms with E-state index in [1.165, 1.54) is 17.9 Å². The zero-order valence-electron chi connectivity index (χ0n) is 18.7. The van der Waals surface area contributed by atoms with Crippen molar-refractivity contribution in [3.8, 4) is 0 Å². The van der Waals surface area contributed by atoms with Gasteiger partial charge in [0.1, 0.15) is 6.04 Å². The predicted octanol–water partition coefficient (Wildman–Crippen LogP) is 3.14. The predicted molar refractivity (Wildman–Crippen MR) is 127 cm³/mol. The molecule has 174 valence electrons. The highest BCUT2D eigenvalue weighted by Gasteiger charge is 2.40. The quantitative estimate of drug-likeness (QED) is 0.438. The van der Waals surface area contributed by atoms with Crippen LogP contribution in [0.15, 0.2) is 48.5 Å². The Hall–Kier alpha value is -4.14. The van der Waals surface area contributed by atoms with Crippen molar-refractivity contribution in [3.63, 3.8) is 0 Å². The largest absolute Gasteiger partial charge is 0.356 e. The summed E-state index contributed by atoms with van der Waals surface area (Å²) in [6.45, 7) is 1.38. The average Bonchev–Trinajstić information content (AvgIpc) is 3.31. The Morgan fingerprint density at radius 3 is 2.76 bits per heavy atom. The fraction of sp³-hybridized carbons (Fsp3) is 0.280. The number of aryl methyl sites for hydroxylation is 1. The summed E-state index contributed by atoms with van der Waals surface area (Å²) in [6, 6.07) is 12.8. The van der Waals surface area contributed by atoms with Crippen molar-refractivity contribution >= 4 is 46.0 Å². The Kier molecular flexibility index (Phi) is 5.53. The number of anilines is 2. The molecule has 2 aromatic carbocycles. The van der Waals surface area contributed by atoms with Crippen LogP contribution >= 0.6 is 0 Å². The third-order valence-electron chi connectivity index (χ3n) is 6.28. The average molecular weight is 460 g/mol. The maximum Gasteiger partial charge on any atom is 0.329 e. The lowest BCUT2D eigenvalue weighted by molar-refractivity contribution is -0.126. The summed E-state index contributed by atoms with van der Waals surface area (Å²) in [5.41, 5.74) is 4.08. The van der Waals surface area contributed by atoms with Crippen molar-refractivity contribution in [2.75, 3.05) is 10.2 Å². The Labute approximate surface area is 195 Å². The summed E-state index contributed by atoms with van der Waals surface area (Å²) in [6.07, 6.45) is 2.56. The Morgan fingerprint density at radius 1 is 1.12 bits per heavy atom. The molecule has 34 heavy (non-hydrogen) atoms. The summed E-state index contributed by atoms with van der Waals surface area (Å²) >= 11 is 0. The van der Waals surface area contributed by atoms with Crippen LogP contribution in [0.25, 0.3) is 10.9 Å². The van der Waals surface area contributed by atoms with Gasteiger partial charge in [0.25, 0.3) is 5.91 Å². The molecule has 5 rings (SSSR count). The van der Waals surface area contributed by atoms with Crippen LogP contribution in [-0.4, -0.2) is 34.8 Å². The third kappa shape index (κ3) is 4.00. The van der Waals surface area contributed by atoms with Crippen molar-refractivity contribution in [3.05, 3.63) is 59.8 Å². The molecule has 0 spiro atoms. The normalized spacial score (nSPS) is 19.6. The summed E-state index contributed by atoms with van der Waals surface area (Å²) in [5, 5.41) is 9.45. The summed E-state index contributed by atoms with van der Waals surface area (Å²) in [7, 11) is 0. The van der Waals surface area contributed by atoms with Gasteiger partial charge in [0, 0.05) is 29.2 Å². The minimum Gasteiger partial charge on any atom is -0.356 e. The Morgan fingerprint density at radius 2 is 1.94 bits per heavy atom. The van der Waals surface area contributed by atoms with E-state index in [4.69, 9.17) is 0 Å². The molecule has 1 fully saturated rings. The molecule has 2 atom stereocenters. The van der Waals surface area contributed by atoms with Crippen molar-refractivity contribution in [1.29, 1.82) is 0 Å². The highest BCUT2D eigenvalue weighted by molar-refractivity contribution is 6.22. The number of aromatic nitrogens is 1. The van der Waals surface area contributed by atoms with E-state index in [-0.39, 0.29) is 24.3 Å². The molecule has 0 radical (unpaired) electrons. The molecule has 5 amide bonds. The van der Waals surface area contributed by atoms with Gasteiger partial charge in [0.15, 0.2) is 0 Å². The number of carbonyl (C=O) groups excluding carboxylic acids is 4. The molecule has 1 aromatic heterocycles. The Balaban J connectivity index is 1.28. The van der Waals surface area contributed by atoms with E-state index in [1.807, 2.05) is 18.2 Å². The SMILES string of the molecule is CC(=O)Nc1cccc(N2C(=O)N[C@@H](CC(=O)N[C@H]3CCCc4c3[nH]c3ccccc43)C2=O)c1. The van der Waals surface area contributed by atoms with Crippen molar-refractivity contribution < 1.29 is 19.2 Å². The first kappa shape index (κ1) is 21.7. The van der Waals surface area contributed by atoms with E-state index in [9.17, 15) is 19.2 Å². The number of H-pyrrole nitrogens is 1. The first-order chi connectivity index (χ1) is 16.4. The molecule has 1 aliphatic carbocycles. The Bertz CT molecular complexity index is 1310. The van der Waals surface area contributed by atoms with E-state index < -0.39 is 18.0 Å². The second kappa shape index (κ2) is 8.66. The lowest BCUT2D eigenvalue weighted by Gasteiger charge is -2.24. The van der Waals surface area contributed by atoms with E-state index in [1.54, 1.807) is 24.3 Å². The van der Waals surface area contributed by atoms with Crippen LogP contribution in [0.4, 0.5) is 16.2 Å². The van der Waals surface area contributed by atoms with Crippen molar-refractivity contribution in [2.45, 2.75) is 44.7 Å². The first-order valence-corrected chi connectivity index (χ1v) is 11.3. The van der Waals surface area contributed by atoms with Gasteiger partial charge in [-0.05, 0) is 49.1 Å². The van der Waals surface area contributed by atoms with Gasteiger partial charge in [-0.3, -0.25) is 14.4 Å². The molecule has 0 unspecified atom stereocenters. The molecule has 0 bridgehead atoms. The fourth-order valence-electron chi connectivity index (χ4n) is 4.84. The van der Waals surface area contributed by atoms with Gasteiger partial charge < -0.3 is 20.9 Å². The number of amides is 5. The monoisotopic (exact) mass is 459 g/mol. The van der Waals surface area contributed by atoms with Gasteiger partial charge in [0.05, 0.1) is 18.2 Å². The summed E-state index contributed by atoms with van der Waals surface area (Å²) < 4.78 is 0. The number of hydrogen-bond acceptors (Lipinski definition) is 4. The highest BCUT2D eigenvalue weighted by Crippen LogP contribution is 2.34. The zero-order chi connectivity index (χ0) is 23.8. The molecular weight excluding hydrogens is 434 g/mol. The van der Waals surface area contributed by atoms with Crippen molar-refractivity contribution in [1.82, 2.24) is 15.6 Å². The number of imide groups is 1. The molecule has 0 saturated carbocycles. The van der Waals surface area contributed by atoms with Crippen LogP contribution in [0.2, 0.25) is 0 Å². The number of para-hydroxylation sites is 1. The van der Waals surface area contributed by atoms with Gasteiger partial charge in [0.2, 0.25) is 11.8 Å². The van der Waals surface area contributed by atoms with E-state index in [0.29, 0.717) is 11.4 Å². The minimum absolute atomic E-state index is 0.154. The number of hydrogen-bond donors (Lipinski definition) is 4. The maximum atomic E-state index is 13.0. The summed E-state index contributed by atoms with van der Waals surface area (Å²) in [4.78, 5) is 54.1. The smallest absolute Gasteiger partial charge is 0.329 e. The van der Waals surface area contributed by atoms with E-state index in [0.717, 1.165) is 35.4 Å². The van der Waals surface area contributed by atoms with Crippen LogP contribution in [0.3, 0.4) is 0 Å². The van der Waals surface area contributed by atoms with Crippen LogP contribution < -0.4 is 20.9 Å². The maximum absolute atomic E-state index is 13.0. The molecule has 3 aromatic rings. The number of nitrogens with zero attached hydrogens (tertiary/aromatic N) is 1. The molecule has 2 aliphatic rings. The molecule has 1 aliphatic heterocycles. The van der Waals surface area contributed by atoms with Gasteiger partial charge in [-0.25, -0.2) is 9.69 Å². The topological polar surface area (TPSA) is 123 Å². The summed E-state index contributed by atoms with van der Waals surface area (Å²) in [5.74, 6) is -1.07. The number of rotatable bonds is 5. The molecule has 1 saturated heterocycles. The van der Waals surface area contributed by atoms with Crippen LogP contribution in [0, 0.1) is 0 Å². The van der Waals surface area contributed by atoms with Gasteiger partial charge >= 0.3 is 6.03 Å². The number of benzene rings is 2. The van der Waals surface area contributed by atoms with Crippen molar-refractivity contribution in [2.24, 2.45) is 0 Å². The highest BCUT2D eigenvalue weighted by atomic mass is 16.2. The van der Waals surface area contributed by atoms with Gasteiger partial charge in [-0.15, -0.1) is 0 Å². The minimum atomic E-state index is -0.956. The molecular formula is C25H25N5O4. The number of fused-ring (bicyclic) bond motifs is 3. The molecule has 9 heteroatoms. The second-order valence-electron chi connectivity index (χ2n) is 8.69. The first-order valence-electron chi connectivity index (χ1n) is 11.3. The number of nitrogens with one attached hydrogen (secondary N) is 4. The van der Waals surface area contributed by atoms with E-state index >= 15 is 0 Å². The van der Waals surface area contributed by atoms with Gasteiger partial charge in [-0.1, -0.05) is 24.3 Å². The third-order valence-corrected chi connectivity index (χ3v) is 6.28. The van der Waals surface area contributed by atoms with Gasteiger partial charge in [-0.2, -0.15) is 0 Å². The zero-order valence-corrected chi connectivity index (χ0v) is 18.7. The van der Waals surface area contributed by atoms with Crippen LogP contribution in [-0.2, 0) is 20.8 Å². The van der Waals surface area contributed by atoms with E-state index in [2.05, 4.69) is 27.0 Å². The standard InChI is InChI=1S/C25H25N5O4/c1-14(31)26-15-6-4-7-16(12-15)30-24(33)21(29-25(30)34)13-22(32)27-20-11-5-9-18-17-8-2-3-10-19(17)28-23(18)20/h2-4,6-8,10,12,20-21,28H,5,9,11,13H2,1H3,(H,26,31)(H,27,32)(H,29,34)/t20-,21-/m0/s1. The number of urea groups is 1. The molecule has 2 heterocycles. The molecule has 4 N–H and O–H groups in total. The molecule has 9 nitrogen and oxygen atoms in total. The van der Waals surface area contributed by atoms with Crippen LogP contribution in [0.5, 0.6) is 0 Å². The second-order valence-corrected chi connectivity index (χ2v) is 8.69. The lowest BCUT2D eigenvalue weighted by atomic mass is 9.91. The number of aromatic amines is 1. The number of carbonyl (C=O) groups is 4. The fourth-order valence-corrected chi connectivity index (χ4v) is 4.84. The van der Waals surface area contributed by atoms with Crippen LogP contribution in [0.1, 0.15) is 43.5 Å².